The van der Waals surface area contributed by atoms with Crippen LogP contribution in [-0.2, 0) is 27.9 Å². The van der Waals surface area contributed by atoms with Crippen molar-refractivity contribution in [2.75, 3.05) is 26.4 Å². The number of ether oxygens (including phenoxy) is 1. The van der Waals surface area contributed by atoms with Crippen LogP contribution in [0.3, 0.4) is 0 Å². The number of allylic oxidation sites excluding steroid dienone is 10. The first-order chi connectivity index (χ1) is 24.8. The molecule has 0 bridgehead atoms. The number of amides is 1. The van der Waals surface area contributed by atoms with E-state index in [0.717, 1.165) is 83.5 Å². The molecule has 0 aliphatic heterocycles. The summed E-state index contributed by atoms with van der Waals surface area (Å²) in [6, 6.07) is 0. The molecule has 3 N–H and O–H groups in total. The Balaban J connectivity index is 3.64. The molecule has 0 aromatic rings. The molecule has 2 unspecified atom stereocenters. The number of carbonyl (C=O) groups is 2. The van der Waals surface area contributed by atoms with Crippen LogP contribution in [0.25, 0.3) is 0 Å². The fourth-order valence-corrected chi connectivity index (χ4v) is 5.75. The van der Waals surface area contributed by atoms with Crippen molar-refractivity contribution < 1.29 is 37.9 Å². The van der Waals surface area contributed by atoms with E-state index in [1.807, 2.05) is 0 Å². The molecule has 0 radical (unpaired) electrons. The molecule has 2 atom stereocenters. The maximum Gasteiger partial charge on any atom is 0.472 e. The molecule has 0 saturated heterocycles. The zero-order chi connectivity index (χ0) is 37.5. The van der Waals surface area contributed by atoms with E-state index in [1.54, 1.807) is 0 Å². The van der Waals surface area contributed by atoms with Crippen LogP contribution in [-0.4, -0.2) is 54.3 Å². The van der Waals surface area contributed by atoms with E-state index in [1.165, 1.54) is 44.9 Å². The van der Waals surface area contributed by atoms with Crippen LogP contribution >= 0.6 is 7.82 Å². The van der Waals surface area contributed by atoms with E-state index < -0.39 is 26.5 Å². The number of hydrogen-bond donors (Lipinski definition) is 3. The summed E-state index contributed by atoms with van der Waals surface area (Å²) in [5.41, 5.74) is 0. The lowest BCUT2D eigenvalue weighted by atomic mass is 10.1. The molecule has 51 heavy (non-hydrogen) atoms. The summed E-state index contributed by atoms with van der Waals surface area (Å²) in [6.45, 7) is 3.36. The van der Waals surface area contributed by atoms with Crippen molar-refractivity contribution in [1.29, 1.82) is 0 Å². The second-order valence-corrected chi connectivity index (χ2v) is 14.3. The van der Waals surface area contributed by atoms with Crippen molar-refractivity contribution in [1.82, 2.24) is 5.32 Å². The summed E-state index contributed by atoms with van der Waals surface area (Å²) in [5.74, 6) is -0.538. The molecular formula is C41H72NO8P. The molecule has 1 amide bonds. The first-order valence-corrected chi connectivity index (χ1v) is 21.3. The van der Waals surface area contributed by atoms with Gasteiger partial charge < -0.3 is 20.1 Å². The van der Waals surface area contributed by atoms with Crippen LogP contribution in [0.1, 0.15) is 155 Å². The lowest BCUT2D eigenvalue weighted by Gasteiger charge is -2.15. The maximum absolute atomic E-state index is 12.0. The molecule has 0 aliphatic rings. The Morgan fingerprint density at radius 2 is 1.12 bits per heavy atom. The third-order valence-electron chi connectivity index (χ3n) is 7.96. The number of phosphoric ester groups is 1. The van der Waals surface area contributed by atoms with Gasteiger partial charge in [0.05, 0.1) is 13.2 Å². The first-order valence-electron chi connectivity index (χ1n) is 19.8. The normalized spacial score (nSPS) is 14.0. The average Bonchev–Trinajstić information content (AvgIpc) is 3.11. The number of aliphatic hydroxyl groups is 1. The quantitative estimate of drug-likeness (QED) is 0.0251. The second-order valence-electron chi connectivity index (χ2n) is 12.9. The van der Waals surface area contributed by atoms with Crippen LogP contribution in [0.5, 0.6) is 0 Å². The Hall–Kier alpha value is -2.29. The summed E-state index contributed by atoms with van der Waals surface area (Å²) >= 11 is 0. The van der Waals surface area contributed by atoms with Gasteiger partial charge in [-0.2, -0.15) is 0 Å². The highest BCUT2D eigenvalue weighted by atomic mass is 31.2. The van der Waals surface area contributed by atoms with Gasteiger partial charge in [0.25, 0.3) is 0 Å². The van der Waals surface area contributed by atoms with Crippen molar-refractivity contribution >= 4 is 19.7 Å². The Morgan fingerprint density at radius 3 is 1.69 bits per heavy atom. The standard InChI is InChI=1S/C41H72NO8P/c1-3-5-7-9-11-12-13-14-15-16-17-18-19-20-21-22-23-24-25-26-28-30-32-34-41(45)48-37-39(43)38-50-51(46,47)49-36-35-42-40(44)33-31-29-27-10-8-6-4-2/h5,7,11-12,14-15,17-18,20-21,39,43H,3-4,6,8-10,13,16,19,22-38H2,1-2H3,(H,42,44)(H,46,47)/b7-5-,12-11-,15-14-,18-17-,21-20-. The number of esters is 1. The molecule has 0 spiro atoms. The number of phosphoric acid groups is 1. The van der Waals surface area contributed by atoms with E-state index >= 15 is 0 Å². The summed E-state index contributed by atoms with van der Waals surface area (Å²) < 4.78 is 26.7. The van der Waals surface area contributed by atoms with Gasteiger partial charge in [-0.25, -0.2) is 4.57 Å². The highest BCUT2D eigenvalue weighted by Gasteiger charge is 2.23. The predicted octanol–water partition coefficient (Wildman–Crippen LogP) is 10.5. The maximum atomic E-state index is 12.0. The SMILES string of the molecule is CC/C=C\C/C=C\C/C=C\C/C=C\C/C=C\CCCCCCCCCC(=O)OCC(O)COP(=O)(O)OCCNC(=O)CCCCCCCCC. The van der Waals surface area contributed by atoms with Crippen LogP contribution in [0.15, 0.2) is 60.8 Å². The molecule has 0 aromatic heterocycles. The monoisotopic (exact) mass is 737 g/mol. The van der Waals surface area contributed by atoms with Gasteiger partial charge in [0.2, 0.25) is 5.91 Å². The Labute approximate surface area is 310 Å². The van der Waals surface area contributed by atoms with Gasteiger partial charge in [-0.05, 0) is 57.8 Å². The molecule has 9 nitrogen and oxygen atoms in total. The number of nitrogens with one attached hydrogen (secondary N) is 1. The van der Waals surface area contributed by atoms with Crippen LogP contribution in [0.4, 0.5) is 0 Å². The summed E-state index contributed by atoms with van der Waals surface area (Å²) in [6.07, 6.45) is 43.1. The minimum Gasteiger partial charge on any atom is -0.463 e. The number of hydrogen-bond acceptors (Lipinski definition) is 7. The minimum absolute atomic E-state index is 0.0786. The smallest absolute Gasteiger partial charge is 0.463 e. The Morgan fingerprint density at radius 1 is 0.627 bits per heavy atom. The van der Waals surface area contributed by atoms with Crippen LogP contribution < -0.4 is 5.32 Å². The van der Waals surface area contributed by atoms with E-state index in [-0.39, 0.29) is 32.1 Å². The third-order valence-corrected chi connectivity index (χ3v) is 8.95. The third kappa shape index (κ3) is 38.8. The largest absolute Gasteiger partial charge is 0.472 e. The Bertz CT molecular complexity index is 1020. The lowest BCUT2D eigenvalue weighted by Crippen LogP contribution is -2.27. The fourth-order valence-electron chi connectivity index (χ4n) is 4.99. The van der Waals surface area contributed by atoms with E-state index in [9.17, 15) is 24.2 Å². The van der Waals surface area contributed by atoms with Gasteiger partial charge >= 0.3 is 13.8 Å². The number of unbranched alkanes of at least 4 members (excludes halogenated alkanes) is 13. The van der Waals surface area contributed by atoms with Crippen LogP contribution in [0, 0.1) is 0 Å². The molecule has 0 fully saturated rings. The summed E-state index contributed by atoms with van der Waals surface area (Å²) in [7, 11) is -4.41. The fraction of sp³-hybridized carbons (Fsp3) is 0.707. The zero-order valence-electron chi connectivity index (χ0n) is 32.0. The van der Waals surface area contributed by atoms with E-state index in [4.69, 9.17) is 13.8 Å². The molecule has 294 valence electrons. The van der Waals surface area contributed by atoms with E-state index in [2.05, 4.69) is 79.9 Å². The number of aliphatic hydroxyl groups excluding tert-OH is 1. The van der Waals surface area contributed by atoms with Gasteiger partial charge in [0, 0.05) is 19.4 Å². The van der Waals surface area contributed by atoms with Gasteiger partial charge in [-0.1, -0.05) is 145 Å². The predicted molar refractivity (Wildman–Crippen MR) is 210 cm³/mol. The van der Waals surface area contributed by atoms with Crippen molar-refractivity contribution in [3.8, 4) is 0 Å². The summed E-state index contributed by atoms with van der Waals surface area (Å²) in [5, 5.41) is 12.6. The van der Waals surface area contributed by atoms with Gasteiger partial charge in [0.1, 0.15) is 12.7 Å². The van der Waals surface area contributed by atoms with Crippen molar-refractivity contribution in [2.45, 2.75) is 161 Å². The van der Waals surface area contributed by atoms with Crippen molar-refractivity contribution in [3.63, 3.8) is 0 Å². The lowest BCUT2D eigenvalue weighted by molar-refractivity contribution is -0.147. The van der Waals surface area contributed by atoms with Crippen LogP contribution in [0.2, 0.25) is 0 Å². The molecule has 0 rings (SSSR count). The molecule has 0 aliphatic carbocycles. The Kier molecular flexibility index (Phi) is 35.8. The van der Waals surface area contributed by atoms with Crippen molar-refractivity contribution in [3.05, 3.63) is 60.8 Å². The van der Waals surface area contributed by atoms with Crippen molar-refractivity contribution in [2.24, 2.45) is 0 Å². The second kappa shape index (κ2) is 37.5. The zero-order valence-corrected chi connectivity index (χ0v) is 32.9. The highest BCUT2D eigenvalue weighted by Crippen LogP contribution is 2.42. The molecule has 0 aromatic carbocycles. The van der Waals surface area contributed by atoms with Gasteiger partial charge in [-0.15, -0.1) is 0 Å². The first kappa shape index (κ1) is 48.7. The van der Waals surface area contributed by atoms with E-state index in [0.29, 0.717) is 6.42 Å². The van der Waals surface area contributed by atoms with Gasteiger partial charge in [0.15, 0.2) is 0 Å². The minimum atomic E-state index is -4.41. The number of rotatable bonds is 36. The van der Waals surface area contributed by atoms with Gasteiger partial charge in [-0.3, -0.25) is 18.6 Å². The molecule has 0 saturated carbocycles. The number of carbonyl (C=O) groups excluding carboxylic acids is 2. The highest BCUT2D eigenvalue weighted by molar-refractivity contribution is 7.47. The average molecular weight is 738 g/mol. The molecular weight excluding hydrogens is 665 g/mol. The summed E-state index contributed by atoms with van der Waals surface area (Å²) in [4.78, 5) is 33.6. The molecule has 0 heterocycles. The topological polar surface area (TPSA) is 131 Å². The molecule has 10 heteroatoms.